The Balaban J connectivity index is 2.49. The minimum atomic E-state index is -4.26. The fourth-order valence-electron chi connectivity index (χ4n) is 1.71. The van der Waals surface area contributed by atoms with Crippen LogP contribution in [0.2, 0.25) is 0 Å². The van der Waals surface area contributed by atoms with Crippen molar-refractivity contribution in [1.29, 1.82) is 0 Å². The van der Waals surface area contributed by atoms with Crippen molar-refractivity contribution in [3.8, 4) is 0 Å². The SMILES string of the molecule is CC[C@@H](NC(=O)COCC(F)(F)C(F)F)c1cc(C)ccn1. The van der Waals surface area contributed by atoms with E-state index in [1.165, 1.54) is 0 Å². The third-order valence-electron chi connectivity index (χ3n) is 2.88. The van der Waals surface area contributed by atoms with E-state index in [1.54, 1.807) is 18.3 Å². The van der Waals surface area contributed by atoms with Crippen LogP contribution in [0, 0.1) is 6.92 Å². The molecule has 1 heterocycles. The highest BCUT2D eigenvalue weighted by Gasteiger charge is 2.41. The van der Waals surface area contributed by atoms with Gasteiger partial charge in [0.25, 0.3) is 0 Å². The lowest BCUT2D eigenvalue weighted by Crippen LogP contribution is -2.36. The van der Waals surface area contributed by atoms with Crippen LogP contribution in [-0.4, -0.2) is 36.5 Å². The van der Waals surface area contributed by atoms with E-state index in [2.05, 4.69) is 15.0 Å². The molecule has 0 saturated carbocycles. The first-order valence-corrected chi connectivity index (χ1v) is 6.72. The van der Waals surface area contributed by atoms with Gasteiger partial charge in [0, 0.05) is 6.20 Å². The number of amides is 1. The number of alkyl halides is 4. The van der Waals surface area contributed by atoms with Crippen LogP contribution in [0.4, 0.5) is 17.6 Å². The molecule has 0 bridgehead atoms. The molecule has 1 atom stereocenters. The van der Waals surface area contributed by atoms with E-state index in [0.717, 1.165) is 5.56 Å². The highest BCUT2D eigenvalue weighted by molar-refractivity contribution is 5.77. The Kier molecular flexibility index (Phi) is 6.73. The number of ether oxygens (including phenoxy) is 1. The van der Waals surface area contributed by atoms with Gasteiger partial charge in [-0.25, -0.2) is 8.78 Å². The van der Waals surface area contributed by atoms with Crippen molar-refractivity contribution in [2.24, 2.45) is 0 Å². The maximum absolute atomic E-state index is 12.6. The molecule has 1 aromatic heterocycles. The zero-order valence-electron chi connectivity index (χ0n) is 12.3. The number of halogens is 4. The van der Waals surface area contributed by atoms with E-state index in [9.17, 15) is 22.4 Å². The Morgan fingerprint density at radius 3 is 2.68 bits per heavy atom. The van der Waals surface area contributed by atoms with Crippen LogP contribution in [0.25, 0.3) is 0 Å². The summed E-state index contributed by atoms with van der Waals surface area (Å²) in [6.07, 6.45) is -1.69. The molecule has 1 N–H and O–H groups in total. The first kappa shape index (κ1) is 18.3. The second kappa shape index (κ2) is 8.07. The summed E-state index contributed by atoms with van der Waals surface area (Å²) < 4.78 is 53.4. The lowest BCUT2D eigenvalue weighted by molar-refractivity contribution is -0.168. The summed E-state index contributed by atoms with van der Waals surface area (Å²) in [5.41, 5.74) is 1.60. The van der Waals surface area contributed by atoms with Gasteiger partial charge in [0.2, 0.25) is 5.91 Å². The number of pyridine rings is 1. The molecule has 4 nitrogen and oxygen atoms in total. The summed E-state index contributed by atoms with van der Waals surface area (Å²) in [4.78, 5) is 15.8. The summed E-state index contributed by atoms with van der Waals surface area (Å²) in [7, 11) is 0. The Morgan fingerprint density at radius 1 is 1.45 bits per heavy atom. The van der Waals surface area contributed by atoms with E-state index in [4.69, 9.17) is 0 Å². The molecule has 124 valence electrons. The molecule has 0 aliphatic rings. The van der Waals surface area contributed by atoms with E-state index in [0.29, 0.717) is 12.1 Å². The smallest absolute Gasteiger partial charge is 0.330 e. The predicted molar refractivity (Wildman–Crippen MR) is 71.9 cm³/mol. The number of aromatic nitrogens is 1. The third-order valence-corrected chi connectivity index (χ3v) is 2.88. The quantitative estimate of drug-likeness (QED) is 0.749. The second-order valence-electron chi connectivity index (χ2n) is 4.84. The number of carbonyl (C=O) groups is 1. The minimum Gasteiger partial charge on any atom is -0.365 e. The maximum Gasteiger partial charge on any atom is 0.330 e. The van der Waals surface area contributed by atoms with Crippen LogP contribution < -0.4 is 5.32 Å². The topological polar surface area (TPSA) is 51.2 Å². The van der Waals surface area contributed by atoms with Gasteiger partial charge in [0.05, 0.1) is 11.7 Å². The van der Waals surface area contributed by atoms with Crippen molar-refractivity contribution in [2.45, 2.75) is 38.7 Å². The van der Waals surface area contributed by atoms with Crippen LogP contribution in [-0.2, 0) is 9.53 Å². The molecule has 0 unspecified atom stereocenters. The summed E-state index contributed by atoms with van der Waals surface area (Å²) in [5.74, 6) is -4.93. The number of nitrogens with zero attached hydrogens (tertiary/aromatic N) is 1. The Bertz CT molecular complexity index is 497. The molecule has 0 radical (unpaired) electrons. The Morgan fingerprint density at radius 2 is 2.14 bits per heavy atom. The van der Waals surface area contributed by atoms with Crippen molar-refractivity contribution in [1.82, 2.24) is 10.3 Å². The van der Waals surface area contributed by atoms with Crippen LogP contribution in [0.15, 0.2) is 18.3 Å². The molecule has 1 amide bonds. The zero-order chi connectivity index (χ0) is 16.8. The maximum atomic E-state index is 12.6. The van der Waals surface area contributed by atoms with Crippen LogP contribution >= 0.6 is 0 Å². The summed E-state index contributed by atoms with van der Waals surface area (Å²) >= 11 is 0. The lowest BCUT2D eigenvalue weighted by atomic mass is 10.1. The average Bonchev–Trinajstić information content (AvgIpc) is 2.44. The van der Waals surface area contributed by atoms with Gasteiger partial charge >= 0.3 is 12.3 Å². The molecule has 1 aromatic rings. The highest BCUT2D eigenvalue weighted by atomic mass is 19.3. The van der Waals surface area contributed by atoms with Gasteiger partial charge in [-0.2, -0.15) is 8.78 Å². The van der Waals surface area contributed by atoms with Gasteiger partial charge in [-0.15, -0.1) is 0 Å². The van der Waals surface area contributed by atoms with Gasteiger partial charge in [-0.1, -0.05) is 6.92 Å². The van der Waals surface area contributed by atoms with Gasteiger partial charge in [0.1, 0.15) is 13.2 Å². The first-order chi connectivity index (χ1) is 10.3. The summed E-state index contributed by atoms with van der Waals surface area (Å²) in [6.45, 7) is 1.47. The fourth-order valence-corrected chi connectivity index (χ4v) is 1.71. The van der Waals surface area contributed by atoms with Crippen LogP contribution in [0.1, 0.15) is 30.6 Å². The Hall–Kier alpha value is -1.70. The third kappa shape index (κ3) is 5.59. The number of hydrogen-bond donors (Lipinski definition) is 1. The van der Waals surface area contributed by atoms with Crippen molar-refractivity contribution in [3.63, 3.8) is 0 Å². The monoisotopic (exact) mass is 322 g/mol. The molecule has 0 aromatic carbocycles. The van der Waals surface area contributed by atoms with Gasteiger partial charge in [-0.05, 0) is 31.0 Å². The highest BCUT2D eigenvalue weighted by Crippen LogP contribution is 2.22. The molecule has 22 heavy (non-hydrogen) atoms. The van der Waals surface area contributed by atoms with E-state index in [1.807, 2.05) is 13.8 Å². The normalized spacial score (nSPS) is 13.2. The van der Waals surface area contributed by atoms with Crippen molar-refractivity contribution in [3.05, 3.63) is 29.6 Å². The summed E-state index contributed by atoms with van der Waals surface area (Å²) in [5, 5.41) is 2.57. The lowest BCUT2D eigenvalue weighted by Gasteiger charge is -2.18. The number of carbonyl (C=O) groups excluding carboxylic acids is 1. The predicted octanol–water partition coefficient (Wildman–Crippen LogP) is 2.87. The minimum absolute atomic E-state index is 0.397. The van der Waals surface area contributed by atoms with Crippen LogP contribution in [0.5, 0.6) is 0 Å². The zero-order valence-corrected chi connectivity index (χ0v) is 12.3. The standard InChI is InChI=1S/C14H18F4N2O2/c1-3-10(11-6-9(2)4-5-19-11)20-12(21)7-22-8-14(17,18)13(15)16/h4-6,10,13H,3,7-8H2,1-2H3,(H,20,21)/t10-/m1/s1. The number of aryl methyl sites for hydroxylation is 1. The molecule has 0 aliphatic carbocycles. The van der Waals surface area contributed by atoms with Gasteiger partial charge in [0.15, 0.2) is 0 Å². The van der Waals surface area contributed by atoms with Crippen LogP contribution in [0.3, 0.4) is 0 Å². The molecular weight excluding hydrogens is 304 g/mol. The molecular formula is C14H18F4N2O2. The van der Waals surface area contributed by atoms with Gasteiger partial charge < -0.3 is 10.1 Å². The first-order valence-electron chi connectivity index (χ1n) is 6.72. The second-order valence-corrected chi connectivity index (χ2v) is 4.84. The van der Waals surface area contributed by atoms with E-state index in [-0.39, 0.29) is 0 Å². The fraction of sp³-hybridized carbons (Fsp3) is 0.571. The van der Waals surface area contributed by atoms with Gasteiger partial charge in [-0.3, -0.25) is 9.78 Å². The van der Waals surface area contributed by atoms with Crippen molar-refractivity contribution in [2.75, 3.05) is 13.2 Å². The molecule has 0 aliphatic heterocycles. The molecule has 1 rings (SSSR count). The molecule has 0 fully saturated rings. The van der Waals surface area contributed by atoms with E-state index >= 15 is 0 Å². The molecule has 0 saturated heterocycles. The average molecular weight is 322 g/mol. The largest absolute Gasteiger partial charge is 0.365 e. The Labute approximate surface area is 125 Å². The van der Waals surface area contributed by atoms with Crippen molar-refractivity contribution >= 4 is 5.91 Å². The number of rotatable bonds is 8. The molecule has 0 spiro atoms. The summed E-state index contributed by atoms with van der Waals surface area (Å²) in [6, 6.07) is 3.19. The molecule has 8 heteroatoms. The van der Waals surface area contributed by atoms with E-state index < -0.39 is 37.5 Å². The van der Waals surface area contributed by atoms with Crippen molar-refractivity contribution < 1.29 is 27.1 Å². The number of nitrogens with one attached hydrogen (secondary N) is 1. The number of hydrogen-bond acceptors (Lipinski definition) is 3.